The van der Waals surface area contributed by atoms with Gasteiger partial charge in [-0.05, 0) is 0 Å². The number of hydrogen-bond donors (Lipinski definition) is 1. The van der Waals surface area contributed by atoms with Gasteiger partial charge >= 0.3 is 0 Å². The van der Waals surface area contributed by atoms with E-state index in [1.807, 2.05) is 0 Å². The Hall–Kier alpha value is -1.04. The number of nitrogens with two attached hydrogens (primary N) is 1. The van der Waals surface area contributed by atoms with Gasteiger partial charge in [-0.3, -0.25) is 4.79 Å². The van der Waals surface area contributed by atoms with Crippen LogP contribution in [0.4, 0.5) is 0 Å². The molecule has 0 bridgehead atoms. The van der Waals surface area contributed by atoms with Crippen molar-refractivity contribution >= 4 is 5.91 Å². The first-order valence-electron chi connectivity index (χ1n) is 1.42. The van der Waals surface area contributed by atoms with Crippen LogP contribution >= 0.6 is 0 Å². The van der Waals surface area contributed by atoms with E-state index in [9.17, 15) is 4.79 Å². The van der Waals surface area contributed by atoms with Crippen LogP contribution in [0.3, 0.4) is 0 Å². The minimum atomic E-state index is -0.572. The topological polar surface area (TPSA) is 66.9 Å². The number of carbonyl (C=O) groups excluding carboxylic acids is 1. The van der Waals surface area contributed by atoms with Crippen LogP contribution < -0.4 is 5.73 Å². The highest BCUT2D eigenvalue weighted by Crippen LogP contribution is 1.64. The molecule has 3 nitrogen and oxygen atoms in total. The van der Waals surface area contributed by atoms with Crippen LogP contribution in [-0.4, -0.2) is 5.91 Å². The maximum atomic E-state index is 9.60. The Morgan fingerprint density at radius 3 is 2.29 bits per heavy atom. The number of nitrogens with zero attached hydrogens (tertiary/aromatic N) is 1. The van der Waals surface area contributed by atoms with Gasteiger partial charge < -0.3 is 5.73 Å². The Balaban J connectivity index is 0. The van der Waals surface area contributed by atoms with E-state index in [-0.39, 0.29) is 13.8 Å². The van der Waals surface area contributed by atoms with Gasteiger partial charge in [0.05, 0.1) is 6.07 Å². The minimum absolute atomic E-state index is 0. The molecule has 0 aliphatic carbocycles. The first-order valence-corrected chi connectivity index (χ1v) is 1.42. The van der Waals surface area contributed by atoms with E-state index < -0.39 is 5.91 Å². The Kier molecular flexibility index (Phi) is 6.63. The summed E-state index contributed by atoms with van der Waals surface area (Å²) in [6, 6.07) is 1.59. The van der Waals surface area contributed by atoms with Gasteiger partial charge in [0.15, 0.2) is 0 Å². The Morgan fingerprint density at radius 1 is 1.86 bits per heavy atom. The minimum Gasteiger partial charge on any atom is -0.369 e. The molecule has 0 unspecified atom stereocenters. The highest BCUT2D eigenvalue weighted by molar-refractivity contribution is 5.75. The lowest BCUT2D eigenvalue weighted by Gasteiger charge is -1.71. The van der Waals surface area contributed by atoms with Crippen molar-refractivity contribution in [1.82, 2.24) is 0 Å². The first-order chi connectivity index (χ1) is 2.77. The van der Waals surface area contributed by atoms with E-state index in [0.29, 0.717) is 0 Å². The molecule has 0 spiro atoms. The molecule has 0 saturated carbocycles. The molecule has 0 aliphatic heterocycles. The third-order valence-corrected chi connectivity index (χ3v) is 0.253. The predicted octanol–water partition coefficient (Wildman–Crippen LogP) is 0.0215. The van der Waals surface area contributed by atoms with Gasteiger partial charge in [0.25, 0.3) is 0 Å². The molecule has 0 aromatic rings. The number of rotatable bonds is 1. The number of nitriles is 1. The summed E-state index contributed by atoms with van der Waals surface area (Å²) in [7, 11) is 0. The molecule has 1 amide bonds. The van der Waals surface area contributed by atoms with E-state index >= 15 is 0 Å². The van der Waals surface area contributed by atoms with Crippen LogP contribution in [0.1, 0.15) is 13.8 Å². The SMILES string of the molecule is C.N#CCC(N)=O. The molecule has 0 saturated heterocycles. The summed E-state index contributed by atoms with van der Waals surface area (Å²) in [5, 5.41) is 7.69. The second-order valence-corrected chi connectivity index (χ2v) is 0.801. The maximum absolute atomic E-state index is 9.60. The summed E-state index contributed by atoms with van der Waals surface area (Å²) in [5.74, 6) is -0.572. The smallest absolute Gasteiger partial charge is 0.231 e. The lowest BCUT2D eigenvalue weighted by Crippen LogP contribution is -2.07. The zero-order chi connectivity index (χ0) is 4.99. The van der Waals surface area contributed by atoms with Gasteiger partial charge in [0.2, 0.25) is 5.91 Å². The molecule has 7 heavy (non-hydrogen) atoms. The zero-order valence-electron chi connectivity index (χ0n) is 3.14. The molecule has 40 valence electrons. The maximum Gasteiger partial charge on any atom is 0.231 e. The first kappa shape index (κ1) is 9.35. The fourth-order valence-corrected chi connectivity index (χ4v) is 0.0779. The number of hydrogen-bond acceptors (Lipinski definition) is 2. The van der Waals surface area contributed by atoms with Gasteiger partial charge in [-0.25, -0.2) is 0 Å². The highest BCUT2D eigenvalue weighted by atomic mass is 16.1. The third kappa shape index (κ3) is 11.3. The normalized spacial score (nSPS) is 5.57. The molecule has 2 N–H and O–H groups in total. The molecular formula is C4H8N2O. The lowest BCUT2D eigenvalue weighted by molar-refractivity contribution is -0.117. The standard InChI is InChI=1S/C3H4N2O.CH4/c4-2-1-3(5)6;/h1H2,(H2,5,6);1H4. The second-order valence-electron chi connectivity index (χ2n) is 0.801. The van der Waals surface area contributed by atoms with Crippen molar-refractivity contribution in [2.45, 2.75) is 13.8 Å². The average Bonchev–Trinajstić information content (AvgIpc) is 1.35. The molecule has 0 aromatic heterocycles. The summed E-state index contributed by atoms with van der Waals surface area (Å²) in [6.45, 7) is 0. The Labute approximate surface area is 42.7 Å². The third-order valence-electron chi connectivity index (χ3n) is 0.253. The van der Waals surface area contributed by atoms with E-state index in [0.717, 1.165) is 0 Å². The second kappa shape index (κ2) is 4.96. The van der Waals surface area contributed by atoms with Crippen LogP contribution in [0.5, 0.6) is 0 Å². The van der Waals surface area contributed by atoms with E-state index in [2.05, 4.69) is 5.73 Å². The van der Waals surface area contributed by atoms with E-state index in [1.54, 1.807) is 6.07 Å². The van der Waals surface area contributed by atoms with Crippen LogP contribution in [0, 0.1) is 11.3 Å². The molecular weight excluding hydrogens is 92.1 g/mol. The van der Waals surface area contributed by atoms with Gasteiger partial charge in [-0.1, -0.05) is 7.43 Å². The Bertz CT molecular complexity index is 92.4. The van der Waals surface area contributed by atoms with Crippen LogP contribution in [0.15, 0.2) is 0 Å². The van der Waals surface area contributed by atoms with Crippen molar-refractivity contribution in [1.29, 1.82) is 5.26 Å². The number of primary amides is 1. The summed E-state index contributed by atoms with van der Waals surface area (Å²) >= 11 is 0. The van der Waals surface area contributed by atoms with Crippen molar-refractivity contribution < 1.29 is 4.79 Å². The Morgan fingerprint density at radius 2 is 2.29 bits per heavy atom. The van der Waals surface area contributed by atoms with E-state index in [1.165, 1.54) is 0 Å². The summed E-state index contributed by atoms with van der Waals surface area (Å²) in [5.41, 5.74) is 4.54. The summed E-state index contributed by atoms with van der Waals surface area (Å²) in [6.07, 6.45) is -0.181. The molecule has 0 rings (SSSR count). The van der Waals surface area contributed by atoms with Crippen molar-refractivity contribution in [2.75, 3.05) is 0 Å². The van der Waals surface area contributed by atoms with Crippen molar-refractivity contribution in [3.63, 3.8) is 0 Å². The van der Waals surface area contributed by atoms with Gasteiger partial charge in [0.1, 0.15) is 6.42 Å². The molecule has 0 aliphatic rings. The largest absolute Gasteiger partial charge is 0.369 e. The van der Waals surface area contributed by atoms with Crippen LogP contribution in [-0.2, 0) is 4.79 Å². The highest BCUT2D eigenvalue weighted by Gasteiger charge is 1.84. The van der Waals surface area contributed by atoms with Crippen molar-refractivity contribution in [3.05, 3.63) is 0 Å². The molecule has 0 radical (unpaired) electrons. The monoisotopic (exact) mass is 100 g/mol. The quantitative estimate of drug-likeness (QED) is 0.504. The average molecular weight is 100 g/mol. The lowest BCUT2D eigenvalue weighted by atomic mass is 10.5. The molecule has 0 heterocycles. The van der Waals surface area contributed by atoms with E-state index in [4.69, 9.17) is 5.26 Å². The fourth-order valence-electron chi connectivity index (χ4n) is 0.0779. The van der Waals surface area contributed by atoms with Crippen LogP contribution in [0.2, 0.25) is 0 Å². The van der Waals surface area contributed by atoms with Gasteiger partial charge in [-0.15, -0.1) is 0 Å². The van der Waals surface area contributed by atoms with Gasteiger partial charge in [-0.2, -0.15) is 5.26 Å². The summed E-state index contributed by atoms with van der Waals surface area (Å²) < 4.78 is 0. The van der Waals surface area contributed by atoms with Crippen molar-refractivity contribution in [2.24, 2.45) is 5.73 Å². The molecule has 3 heteroatoms. The molecule has 0 atom stereocenters. The van der Waals surface area contributed by atoms with Gasteiger partial charge in [0, 0.05) is 0 Å². The zero-order valence-corrected chi connectivity index (χ0v) is 3.14. The van der Waals surface area contributed by atoms with Crippen molar-refractivity contribution in [3.8, 4) is 6.07 Å². The number of amides is 1. The number of carbonyl (C=O) groups is 1. The van der Waals surface area contributed by atoms with Crippen LogP contribution in [0.25, 0.3) is 0 Å². The molecule has 0 fully saturated rings. The fraction of sp³-hybridized carbons (Fsp3) is 0.500. The summed E-state index contributed by atoms with van der Waals surface area (Å²) in [4.78, 5) is 9.60. The predicted molar refractivity (Wildman–Crippen MR) is 26.2 cm³/mol. The molecule has 0 aromatic carbocycles.